The van der Waals surface area contributed by atoms with Gasteiger partial charge in [-0.2, -0.15) is 5.10 Å². The van der Waals surface area contributed by atoms with Gasteiger partial charge in [0, 0.05) is 17.6 Å². The molecule has 1 N–H and O–H groups in total. The lowest BCUT2D eigenvalue weighted by Crippen LogP contribution is -2.32. The SMILES string of the molecule is CCn1nc(C(=O)O[C@@H](C)C(=O)Nc2cccc(C)c2)c2ccccc2c1=O. The predicted molar refractivity (Wildman–Crippen MR) is 106 cm³/mol. The fourth-order valence-electron chi connectivity index (χ4n) is 2.84. The summed E-state index contributed by atoms with van der Waals surface area (Å²) in [5.41, 5.74) is 1.35. The molecule has 0 aliphatic carbocycles. The number of rotatable bonds is 5. The van der Waals surface area contributed by atoms with Gasteiger partial charge in [-0.05, 0) is 44.5 Å². The molecular weight excluding hydrogens is 358 g/mol. The number of carbonyl (C=O) groups is 2. The third kappa shape index (κ3) is 3.93. The smallest absolute Gasteiger partial charge is 0.360 e. The van der Waals surface area contributed by atoms with Crippen LogP contribution in [0.15, 0.2) is 53.3 Å². The number of ether oxygens (including phenoxy) is 1. The number of amides is 1. The molecule has 7 heteroatoms. The molecule has 7 nitrogen and oxygen atoms in total. The van der Waals surface area contributed by atoms with Crippen LogP contribution in [0.25, 0.3) is 10.8 Å². The van der Waals surface area contributed by atoms with E-state index >= 15 is 0 Å². The average Bonchev–Trinajstić information content (AvgIpc) is 2.68. The topological polar surface area (TPSA) is 90.3 Å². The van der Waals surface area contributed by atoms with Crippen LogP contribution in [0.2, 0.25) is 0 Å². The highest BCUT2D eigenvalue weighted by atomic mass is 16.5. The third-order valence-corrected chi connectivity index (χ3v) is 4.30. The van der Waals surface area contributed by atoms with Crippen LogP contribution in [-0.2, 0) is 16.1 Å². The van der Waals surface area contributed by atoms with Gasteiger partial charge in [0.2, 0.25) is 0 Å². The summed E-state index contributed by atoms with van der Waals surface area (Å²) in [5.74, 6) is -1.21. The van der Waals surface area contributed by atoms with E-state index in [1.807, 2.05) is 25.1 Å². The molecule has 0 bridgehead atoms. The van der Waals surface area contributed by atoms with Gasteiger partial charge in [-0.1, -0.05) is 30.3 Å². The number of esters is 1. The van der Waals surface area contributed by atoms with Gasteiger partial charge in [0.25, 0.3) is 11.5 Å². The molecule has 0 aliphatic rings. The average molecular weight is 379 g/mol. The Morgan fingerprint density at radius 1 is 1.14 bits per heavy atom. The summed E-state index contributed by atoms with van der Waals surface area (Å²) in [6.07, 6.45) is -1.03. The molecule has 144 valence electrons. The molecule has 0 aliphatic heterocycles. The highest BCUT2D eigenvalue weighted by Gasteiger charge is 2.23. The maximum atomic E-state index is 12.7. The normalized spacial score (nSPS) is 11.8. The van der Waals surface area contributed by atoms with Crippen molar-refractivity contribution in [1.29, 1.82) is 0 Å². The fraction of sp³-hybridized carbons (Fsp3) is 0.238. The maximum Gasteiger partial charge on any atom is 0.360 e. The van der Waals surface area contributed by atoms with Crippen LogP contribution >= 0.6 is 0 Å². The van der Waals surface area contributed by atoms with E-state index < -0.39 is 18.0 Å². The summed E-state index contributed by atoms with van der Waals surface area (Å²) < 4.78 is 6.52. The van der Waals surface area contributed by atoms with Gasteiger partial charge in [0.15, 0.2) is 11.8 Å². The van der Waals surface area contributed by atoms with Gasteiger partial charge in [0.1, 0.15) is 0 Å². The summed E-state index contributed by atoms with van der Waals surface area (Å²) in [6.45, 7) is 5.48. The van der Waals surface area contributed by atoms with E-state index in [-0.39, 0.29) is 11.3 Å². The lowest BCUT2D eigenvalue weighted by Gasteiger charge is -2.15. The van der Waals surface area contributed by atoms with Gasteiger partial charge in [-0.25, -0.2) is 9.48 Å². The first-order valence-electron chi connectivity index (χ1n) is 8.99. The van der Waals surface area contributed by atoms with Gasteiger partial charge in [-0.15, -0.1) is 0 Å². The highest BCUT2D eigenvalue weighted by molar-refractivity contribution is 6.03. The Kier molecular flexibility index (Phi) is 5.54. The number of fused-ring (bicyclic) bond motifs is 1. The van der Waals surface area contributed by atoms with E-state index in [1.54, 1.807) is 37.3 Å². The van der Waals surface area contributed by atoms with E-state index in [1.165, 1.54) is 11.6 Å². The van der Waals surface area contributed by atoms with Crippen molar-refractivity contribution in [1.82, 2.24) is 9.78 Å². The number of nitrogens with zero attached hydrogens (tertiary/aromatic N) is 2. The second-order valence-electron chi connectivity index (χ2n) is 6.42. The monoisotopic (exact) mass is 379 g/mol. The van der Waals surface area contributed by atoms with Crippen molar-refractivity contribution in [3.8, 4) is 0 Å². The van der Waals surface area contributed by atoms with Crippen LogP contribution in [-0.4, -0.2) is 27.8 Å². The minimum absolute atomic E-state index is 0.00672. The predicted octanol–water partition coefficient (Wildman–Crippen LogP) is 2.91. The molecule has 0 spiro atoms. The molecule has 0 unspecified atom stereocenters. The largest absolute Gasteiger partial charge is 0.448 e. The van der Waals surface area contributed by atoms with Crippen molar-refractivity contribution >= 4 is 28.3 Å². The Hall–Kier alpha value is -3.48. The zero-order valence-electron chi connectivity index (χ0n) is 15.9. The zero-order valence-corrected chi connectivity index (χ0v) is 15.9. The molecule has 3 aromatic rings. The number of benzene rings is 2. The minimum atomic E-state index is -1.03. The molecule has 1 aromatic heterocycles. The number of nitrogens with one attached hydrogen (secondary N) is 1. The fourth-order valence-corrected chi connectivity index (χ4v) is 2.84. The highest BCUT2D eigenvalue weighted by Crippen LogP contribution is 2.16. The van der Waals surface area contributed by atoms with Crippen molar-refractivity contribution in [3.63, 3.8) is 0 Å². The standard InChI is InChI=1S/C21H21N3O4/c1-4-24-20(26)17-11-6-5-10-16(17)18(23-24)21(27)28-14(3)19(25)22-15-9-7-8-13(2)12-15/h5-12,14H,4H2,1-3H3,(H,22,25)/t14-/m0/s1. The second-order valence-corrected chi connectivity index (χ2v) is 6.42. The molecule has 0 radical (unpaired) electrons. The Morgan fingerprint density at radius 3 is 2.54 bits per heavy atom. The Bertz CT molecular complexity index is 1100. The van der Waals surface area contributed by atoms with E-state index in [0.29, 0.717) is 23.0 Å². The van der Waals surface area contributed by atoms with Crippen LogP contribution in [0.3, 0.4) is 0 Å². The molecule has 0 fully saturated rings. The number of anilines is 1. The summed E-state index contributed by atoms with van der Waals surface area (Å²) in [5, 5.41) is 7.62. The summed E-state index contributed by atoms with van der Waals surface area (Å²) in [6, 6.07) is 14.0. The zero-order chi connectivity index (χ0) is 20.3. The lowest BCUT2D eigenvalue weighted by molar-refractivity contribution is -0.123. The lowest BCUT2D eigenvalue weighted by atomic mass is 10.1. The molecular formula is C21H21N3O4. The van der Waals surface area contributed by atoms with Crippen molar-refractivity contribution in [2.45, 2.75) is 33.4 Å². The van der Waals surface area contributed by atoms with E-state index in [2.05, 4.69) is 10.4 Å². The van der Waals surface area contributed by atoms with Gasteiger partial charge in [-0.3, -0.25) is 9.59 Å². The van der Waals surface area contributed by atoms with Gasteiger partial charge in [0.05, 0.1) is 5.39 Å². The molecule has 0 saturated heterocycles. The quantitative estimate of drug-likeness (QED) is 0.689. The number of aryl methyl sites for hydroxylation is 2. The molecule has 2 aromatic carbocycles. The van der Waals surface area contributed by atoms with Crippen LogP contribution in [0, 0.1) is 6.92 Å². The number of carbonyl (C=O) groups excluding carboxylic acids is 2. The Morgan fingerprint density at radius 2 is 1.86 bits per heavy atom. The van der Waals surface area contributed by atoms with Gasteiger partial charge < -0.3 is 10.1 Å². The van der Waals surface area contributed by atoms with E-state index in [0.717, 1.165) is 5.56 Å². The first-order valence-corrected chi connectivity index (χ1v) is 8.99. The van der Waals surface area contributed by atoms with Crippen LogP contribution in [0.4, 0.5) is 5.69 Å². The van der Waals surface area contributed by atoms with Crippen LogP contribution in [0.1, 0.15) is 29.9 Å². The number of hydrogen-bond donors (Lipinski definition) is 1. The molecule has 1 heterocycles. The molecule has 28 heavy (non-hydrogen) atoms. The van der Waals surface area contributed by atoms with Crippen molar-refractivity contribution in [3.05, 3.63) is 70.1 Å². The van der Waals surface area contributed by atoms with Crippen LogP contribution < -0.4 is 10.9 Å². The van der Waals surface area contributed by atoms with Gasteiger partial charge >= 0.3 is 5.97 Å². The molecule has 0 saturated carbocycles. The molecule has 1 amide bonds. The summed E-state index contributed by atoms with van der Waals surface area (Å²) in [4.78, 5) is 37.4. The summed E-state index contributed by atoms with van der Waals surface area (Å²) >= 11 is 0. The first-order chi connectivity index (χ1) is 13.4. The number of aromatic nitrogens is 2. The van der Waals surface area contributed by atoms with E-state index in [9.17, 15) is 14.4 Å². The van der Waals surface area contributed by atoms with Crippen LogP contribution in [0.5, 0.6) is 0 Å². The van der Waals surface area contributed by atoms with Crippen molar-refractivity contribution in [2.24, 2.45) is 0 Å². The van der Waals surface area contributed by atoms with E-state index in [4.69, 9.17) is 4.74 Å². The molecule has 3 rings (SSSR count). The third-order valence-electron chi connectivity index (χ3n) is 4.30. The molecule has 1 atom stereocenters. The first kappa shape index (κ1) is 19.3. The van der Waals surface area contributed by atoms with Crippen molar-refractivity contribution < 1.29 is 14.3 Å². The Balaban J connectivity index is 1.83. The minimum Gasteiger partial charge on any atom is -0.448 e. The second kappa shape index (κ2) is 8.04. The maximum absolute atomic E-state index is 12.7. The Labute approximate surface area is 161 Å². The van der Waals surface area contributed by atoms with Crippen molar-refractivity contribution in [2.75, 3.05) is 5.32 Å². The number of hydrogen-bond acceptors (Lipinski definition) is 5. The summed E-state index contributed by atoms with van der Waals surface area (Å²) in [7, 11) is 0.